The molecule has 0 saturated heterocycles. The van der Waals surface area contributed by atoms with Crippen LogP contribution in [0, 0.1) is 11.3 Å². The lowest BCUT2D eigenvalue weighted by Crippen LogP contribution is -2.13. The fourth-order valence-corrected chi connectivity index (χ4v) is 3.76. The molecule has 0 aliphatic heterocycles. The number of nitrogens with zero attached hydrogens (tertiary/aromatic N) is 2. The molecule has 0 amide bonds. The van der Waals surface area contributed by atoms with Gasteiger partial charge in [0.15, 0.2) is 11.5 Å². The van der Waals surface area contributed by atoms with E-state index in [0.29, 0.717) is 22.3 Å². The molecule has 2 aromatic carbocycles. The van der Waals surface area contributed by atoms with Crippen molar-refractivity contribution in [3.05, 3.63) is 69.0 Å². The van der Waals surface area contributed by atoms with E-state index in [1.165, 1.54) is 39.7 Å². The number of nitriles is 1. The first-order chi connectivity index (χ1) is 14.8. The van der Waals surface area contributed by atoms with E-state index in [1.54, 1.807) is 22.8 Å². The molecule has 0 radical (unpaired) electrons. The first-order valence-corrected chi connectivity index (χ1v) is 9.77. The van der Waals surface area contributed by atoms with Crippen molar-refractivity contribution in [3.63, 3.8) is 0 Å². The third kappa shape index (κ3) is 4.26. The predicted octanol–water partition coefficient (Wildman–Crippen LogP) is 4.55. The number of nitrogens with two attached hydrogens (primary N) is 1. The van der Waals surface area contributed by atoms with E-state index in [4.69, 9.17) is 43.1 Å². The quantitative estimate of drug-likeness (QED) is 0.520. The number of anilines is 1. The van der Waals surface area contributed by atoms with Gasteiger partial charge in [-0.2, -0.15) is 5.26 Å². The van der Waals surface area contributed by atoms with E-state index in [0.717, 1.165) is 5.56 Å². The molecule has 1 aromatic heterocycles. The third-order valence-electron chi connectivity index (χ3n) is 4.71. The van der Waals surface area contributed by atoms with Gasteiger partial charge in [0.05, 0.1) is 37.6 Å². The van der Waals surface area contributed by atoms with Crippen LogP contribution in [0.25, 0.3) is 0 Å². The van der Waals surface area contributed by atoms with Gasteiger partial charge in [-0.05, 0) is 35.9 Å². The monoisotopic (exact) mass is 459 g/mol. The summed E-state index contributed by atoms with van der Waals surface area (Å²) in [5.74, 6) is 0.952. The summed E-state index contributed by atoms with van der Waals surface area (Å²) >= 11 is 12.2. The molecule has 0 saturated carbocycles. The lowest BCUT2D eigenvalue weighted by Gasteiger charge is -2.15. The molecule has 31 heavy (non-hydrogen) atoms. The SMILES string of the molecule is COc1cc(Cn2cc(C#N)c(N)c2C(=O)c2ccc(Cl)cc2Cl)cc(OC)c1OC. The minimum Gasteiger partial charge on any atom is -0.493 e. The van der Waals surface area contributed by atoms with Gasteiger partial charge in [-0.1, -0.05) is 23.2 Å². The highest BCUT2D eigenvalue weighted by Crippen LogP contribution is 2.39. The van der Waals surface area contributed by atoms with Crippen LogP contribution in [0.4, 0.5) is 5.69 Å². The molecule has 1 heterocycles. The average molecular weight is 460 g/mol. The number of nitrogen functional groups attached to an aromatic ring is 1. The molecular weight excluding hydrogens is 441 g/mol. The molecule has 0 aliphatic carbocycles. The van der Waals surface area contributed by atoms with E-state index in [-0.39, 0.29) is 34.1 Å². The number of aromatic nitrogens is 1. The summed E-state index contributed by atoms with van der Waals surface area (Å²) in [5, 5.41) is 10.0. The average Bonchev–Trinajstić information content (AvgIpc) is 3.07. The maximum atomic E-state index is 13.3. The zero-order valence-electron chi connectivity index (χ0n) is 17.0. The van der Waals surface area contributed by atoms with Crippen molar-refractivity contribution >= 4 is 34.7 Å². The number of carbonyl (C=O) groups excluding carboxylic acids is 1. The molecule has 0 atom stereocenters. The van der Waals surface area contributed by atoms with Crippen molar-refractivity contribution in [2.75, 3.05) is 27.1 Å². The van der Waals surface area contributed by atoms with Crippen molar-refractivity contribution in [2.45, 2.75) is 6.54 Å². The number of benzene rings is 2. The van der Waals surface area contributed by atoms with Crippen LogP contribution in [0.15, 0.2) is 36.5 Å². The highest BCUT2D eigenvalue weighted by molar-refractivity contribution is 6.37. The van der Waals surface area contributed by atoms with Crippen LogP contribution in [0.2, 0.25) is 10.0 Å². The Kier molecular flexibility index (Phi) is 6.64. The van der Waals surface area contributed by atoms with E-state index in [2.05, 4.69) is 0 Å². The molecule has 160 valence electrons. The molecule has 3 aromatic rings. The summed E-state index contributed by atoms with van der Waals surface area (Å²) in [6.45, 7) is 0.217. The summed E-state index contributed by atoms with van der Waals surface area (Å²) < 4.78 is 17.7. The van der Waals surface area contributed by atoms with Crippen molar-refractivity contribution in [1.82, 2.24) is 4.57 Å². The van der Waals surface area contributed by atoms with Crippen LogP contribution in [0.3, 0.4) is 0 Å². The molecule has 0 unspecified atom stereocenters. The molecule has 3 rings (SSSR count). The van der Waals surface area contributed by atoms with Crippen molar-refractivity contribution in [2.24, 2.45) is 0 Å². The number of rotatable bonds is 7. The van der Waals surface area contributed by atoms with E-state index in [9.17, 15) is 10.1 Å². The smallest absolute Gasteiger partial charge is 0.213 e. The number of halogens is 2. The summed E-state index contributed by atoms with van der Waals surface area (Å²) in [5.41, 5.74) is 7.51. The second-order valence-corrected chi connectivity index (χ2v) is 7.38. The Bertz CT molecular complexity index is 1170. The molecule has 9 heteroatoms. The first kappa shape index (κ1) is 22.3. The summed E-state index contributed by atoms with van der Waals surface area (Å²) in [6.07, 6.45) is 1.52. The van der Waals surface area contributed by atoms with Gasteiger partial charge in [-0.15, -0.1) is 0 Å². The van der Waals surface area contributed by atoms with Crippen molar-refractivity contribution < 1.29 is 19.0 Å². The Labute approximate surface area is 189 Å². The van der Waals surface area contributed by atoms with Gasteiger partial charge in [0.1, 0.15) is 11.8 Å². The summed E-state index contributed by atoms with van der Waals surface area (Å²) in [4.78, 5) is 13.3. The number of hydrogen-bond donors (Lipinski definition) is 1. The van der Waals surface area contributed by atoms with Gasteiger partial charge < -0.3 is 24.5 Å². The Morgan fingerprint density at radius 1 is 1.10 bits per heavy atom. The highest BCUT2D eigenvalue weighted by Gasteiger charge is 2.24. The molecule has 7 nitrogen and oxygen atoms in total. The van der Waals surface area contributed by atoms with Crippen molar-refractivity contribution in [3.8, 4) is 23.3 Å². The van der Waals surface area contributed by atoms with Crippen LogP contribution in [-0.4, -0.2) is 31.7 Å². The number of ketones is 1. The molecule has 0 spiro atoms. The van der Waals surface area contributed by atoms with Crippen LogP contribution in [-0.2, 0) is 6.54 Å². The van der Waals surface area contributed by atoms with Gasteiger partial charge in [0.25, 0.3) is 0 Å². The predicted molar refractivity (Wildman–Crippen MR) is 119 cm³/mol. The largest absolute Gasteiger partial charge is 0.493 e. The molecule has 0 bridgehead atoms. The second-order valence-electron chi connectivity index (χ2n) is 6.53. The Morgan fingerprint density at radius 3 is 2.26 bits per heavy atom. The zero-order chi connectivity index (χ0) is 22.7. The van der Waals surface area contributed by atoms with Crippen LogP contribution >= 0.6 is 23.2 Å². The standard InChI is InChI=1S/C22H19Cl2N3O4/c1-29-17-6-12(7-18(30-2)22(17)31-3)10-27-11-13(9-25)19(26)20(27)21(28)15-5-4-14(23)8-16(15)24/h4-8,11H,10,26H2,1-3H3. The minimum absolute atomic E-state index is 0.0750. The van der Waals surface area contributed by atoms with Crippen LogP contribution in [0.1, 0.15) is 27.2 Å². The van der Waals surface area contributed by atoms with Crippen LogP contribution < -0.4 is 19.9 Å². The van der Waals surface area contributed by atoms with Crippen LogP contribution in [0.5, 0.6) is 17.2 Å². The Balaban J connectivity index is 2.11. The maximum Gasteiger partial charge on any atom is 0.213 e. The normalized spacial score (nSPS) is 10.5. The third-order valence-corrected chi connectivity index (χ3v) is 5.25. The van der Waals surface area contributed by atoms with E-state index < -0.39 is 5.78 Å². The summed E-state index contributed by atoms with van der Waals surface area (Å²) in [6, 6.07) is 10.1. The first-order valence-electron chi connectivity index (χ1n) is 9.01. The van der Waals surface area contributed by atoms with Crippen molar-refractivity contribution in [1.29, 1.82) is 5.26 Å². The minimum atomic E-state index is -0.423. The number of carbonyl (C=O) groups is 1. The topological polar surface area (TPSA) is 99.5 Å². The fraction of sp³-hybridized carbons (Fsp3) is 0.182. The van der Waals surface area contributed by atoms with Gasteiger partial charge in [-0.3, -0.25) is 4.79 Å². The van der Waals surface area contributed by atoms with Gasteiger partial charge in [0.2, 0.25) is 11.5 Å². The molecule has 2 N–H and O–H groups in total. The van der Waals surface area contributed by atoms with E-state index in [1.807, 2.05) is 6.07 Å². The highest BCUT2D eigenvalue weighted by atomic mass is 35.5. The van der Waals surface area contributed by atoms with Gasteiger partial charge in [0, 0.05) is 23.3 Å². The van der Waals surface area contributed by atoms with Gasteiger partial charge in [-0.25, -0.2) is 0 Å². The Hall–Kier alpha value is -3.34. The number of methoxy groups -OCH3 is 3. The van der Waals surface area contributed by atoms with E-state index >= 15 is 0 Å². The lowest BCUT2D eigenvalue weighted by atomic mass is 10.1. The fourth-order valence-electron chi connectivity index (χ4n) is 3.26. The number of hydrogen-bond acceptors (Lipinski definition) is 6. The van der Waals surface area contributed by atoms with Gasteiger partial charge >= 0.3 is 0 Å². The maximum absolute atomic E-state index is 13.3. The molecule has 0 fully saturated rings. The number of ether oxygens (including phenoxy) is 3. The molecular formula is C22H19Cl2N3O4. The second kappa shape index (κ2) is 9.21. The zero-order valence-corrected chi connectivity index (χ0v) is 18.5. The lowest BCUT2D eigenvalue weighted by molar-refractivity contribution is 0.103. The molecule has 0 aliphatic rings. The Morgan fingerprint density at radius 2 is 1.74 bits per heavy atom. The summed E-state index contributed by atoms with van der Waals surface area (Å²) in [7, 11) is 4.54.